The van der Waals surface area contributed by atoms with E-state index in [1.807, 2.05) is 4.90 Å². The molecule has 0 radical (unpaired) electrons. The molecule has 178 valence electrons. The number of phenols is 2. The number of rotatable bonds is 3. The van der Waals surface area contributed by atoms with Gasteiger partial charge in [-0.05, 0) is 32.1 Å². The Bertz CT molecular complexity index is 1260. The topological polar surface area (TPSA) is 94.1 Å². The average Bonchev–Trinajstić information content (AvgIpc) is 3.06. The van der Waals surface area contributed by atoms with Gasteiger partial charge in [0.15, 0.2) is 5.43 Å². The van der Waals surface area contributed by atoms with Crippen molar-refractivity contribution in [1.82, 2.24) is 4.90 Å². The van der Waals surface area contributed by atoms with E-state index in [0.717, 1.165) is 24.3 Å². The van der Waals surface area contributed by atoms with Gasteiger partial charge in [0.1, 0.15) is 28.2 Å². The fourth-order valence-electron chi connectivity index (χ4n) is 4.37. The predicted octanol–water partition coefficient (Wildman–Crippen LogP) is 4.75. The van der Waals surface area contributed by atoms with E-state index in [1.54, 1.807) is 7.05 Å². The fraction of sp³-hybridized carbons (Fsp3) is 0.318. The van der Waals surface area contributed by atoms with Crippen molar-refractivity contribution in [2.75, 3.05) is 20.2 Å². The molecule has 11 heteroatoms. The number of aliphatic hydroxyl groups excluding tert-OH is 1. The van der Waals surface area contributed by atoms with Gasteiger partial charge in [-0.25, -0.2) is 0 Å². The van der Waals surface area contributed by atoms with Crippen LogP contribution in [-0.4, -0.2) is 46.5 Å². The lowest BCUT2D eigenvalue weighted by Crippen LogP contribution is -2.32. The van der Waals surface area contributed by atoms with Crippen LogP contribution in [0.4, 0.5) is 13.2 Å². The van der Waals surface area contributed by atoms with E-state index in [-0.39, 0.29) is 58.7 Å². The van der Waals surface area contributed by atoms with Gasteiger partial charge in [0.25, 0.3) is 0 Å². The molecule has 0 bridgehead atoms. The minimum Gasteiger partial charge on any atom is -0.507 e. The number of aromatic hydroxyl groups is 2. The third kappa shape index (κ3) is 4.26. The number of hydrogen-bond acceptors (Lipinski definition) is 6. The SMILES string of the molecule is CN1CC[C@@H](c2c(O)cc(O)c3c(=O)cc(-c4cccc(C(F)(F)F)c4Cl)oc23)[C@@H]1CO.Cl. The smallest absolute Gasteiger partial charge is 0.417 e. The first kappa shape index (κ1) is 25.2. The van der Waals surface area contributed by atoms with Crippen molar-refractivity contribution in [3.63, 3.8) is 0 Å². The Morgan fingerprint density at radius 3 is 2.55 bits per heavy atom. The molecule has 2 aromatic carbocycles. The van der Waals surface area contributed by atoms with Crippen molar-refractivity contribution in [2.24, 2.45) is 0 Å². The first-order valence-corrected chi connectivity index (χ1v) is 10.1. The lowest BCUT2D eigenvalue weighted by atomic mass is 9.89. The summed E-state index contributed by atoms with van der Waals surface area (Å²) in [6.07, 6.45) is -4.19. The zero-order chi connectivity index (χ0) is 23.4. The Morgan fingerprint density at radius 1 is 1.21 bits per heavy atom. The molecule has 2 heterocycles. The molecule has 1 aliphatic rings. The highest BCUT2D eigenvalue weighted by Gasteiger charge is 2.37. The van der Waals surface area contributed by atoms with E-state index in [2.05, 4.69) is 0 Å². The summed E-state index contributed by atoms with van der Waals surface area (Å²) in [5.74, 6) is -1.55. The first-order valence-electron chi connectivity index (χ1n) is 9.74. The van der Waals surface area contributed by atoms with Gasteiger partial charge in [0.2, 0.25) is 0 Å². The number of likely N-dealkylation sites (N-methyl/N-ethyl adjacent to an activating group) is 1. The molecule has 1 aromatic heterocycles. The van der Waals surface area contributed by atoms with Gasteiger partial charge in [-0.1, -0.05) is 17.7 Å². The molecule has 0 saturated carbocycles. The number of phenolic OH excluding ortho intramolecular Hbond substituents is 2. The largest absolute Gasteiger partial charge is 0.507 e. The molecule has 1 fully saturated rings. The van der Waals surface area contributed by atoms with Gasteiger partial charge in [0, 0.05) is 35.2 Å². The number of aliphatic hydroxyl groups is 1. The van der Waals surface area contributed by atoms with Crippen LogP contribution in [0.15, 0.2) is 39.5 Å². The van der Waals surface area contributed by atoms with Crippen molar-refractivity contribution in [2.45, 2.75) is 24.6 Å². The number of benzene rings is 2. The number of halogens is 5. The molecule has 33 heavy (non-hydrogen) atoms. The van der Waals surface area contributed by atoms with E-state index >= 15 is 0 Å². The Morgan fingerprint density at radius 2 is 1.91 bits per heavy atom. The molecule has 0 amide bonds. The quantitative estimate of drug-likeness (QED) is 0.475. The molecule has 0 spiro atoms. The number of fused-ring (bicyclic) bond motifs is 1. The van der Waals surface area contributed by atoms with E-state index in [0.29, 0.717) is 13.0 Å². The number of likely N-dealkylation sites (tertiary alicyclic amines) is 1. The second-order valence-corrected chi connectivity index (χ2v) is 8.18. The molecular weight excluding hydrogens is 486 g/mol. The van der Waals surface area contributed by atoms with Crippen LogP contribution < -0.4 is 5.43 Å². The maximum atomic E-state index is 13.3. The van der Waals surface area contributed by atoms with Gasteiger partial charge >= 0.3 is 6.18 Å². The highest BCUT2D eigenvalue weighted by Crippen LogP contribution is 2.45. The van der Waals surface area contributed by atoms with Crippen molar-refractivity contribution >= 4 is 35.0 Å². The molecule has 4 rings (SSSR count). The van der Waals surface area contributed by atoms with Gasteiger partial charge in [0.05, 0.1) is 17.2 Å². The molecule has 1 aliphatic heterocycles. The fourth-order valence-corrected chi connectivity index (χ4v) is 4.69. The first-order chi connectivity index (χ1) is 15.0. The predicted molar refractivity (Wildman–Crippen MR) is 119 cm³/mol. The molecule has 3 N–H and O–H groups in total. The van der Waals surface area contributed by atoms with Crippen LogP contribution in [0.25, 0.3) is 22.3 Å². The van der Waals surface area contributed by atoms with Crippen molar-refractivity contribution < 1.29 is 32.9 Å². The molecule has 3 aromatic rings. The lowest BCUT2D eigenvalue weighted by Gasteiger charge is -2.24. The van der Waals surface area contributed by atoms with Crippen LogP contribution >= 0.6 is 24.0 Å². The minimum atomic E-state index is -4.71. The van der Waals surface area contributed by atoms with Crippen LogP contribution in [0.5, 0.6) is 11.5 Å². The third-order valence-electron chi connectivity index (χ3n) is 5.95. The molecule has 2 atom stereocenters. The Hall–Kier alpha value is -2.46. The second kappa shape index (κ2) is 9.06. The van der Waals surface area contributed by atoms with Crippen molar-refractivity contribution in [1.29, 1.82) is 0 Å². The summed E-state index contributed by atoms with van der Waals surface area (Å²) in [6.45, 7) is 0.368. The van der Waals surface area contributed by atoms with Crippen LogP contribution in [0.3, 0.4) is 0 Å². The van der Waals surface area contributed by atoms with Gasteiger partial charge in [-0.3, -0.25) is 4.79 Å². The molecule has 0 unspecified atom stereocenters. The normalized spacial score (nSPS) is 19.1. The van der Waals surface area contributed by atoms with Crippen LogP contribution in [-0.2, 0) is 6.18 Å². The summed E-state index contributed by atoms with van der Waals surface area (Å²) in [5, 5.41) is 29.9. The third-order valence-corrected chi connectivity index (χ3v) is 6.36. The van der Waals surface area contributed by atoms with Gasteiger partial charge < -0.3 is 24.6 Å². The Balaban J connectivity index is 0.00000306. The van der Waals surface area contributed by atoms with Gasteiger partial charge in [-0.15, -0.1) is 12.4 Å². The minimum absolute atomic E-state index is 0. The van der Waals surface area contributed by atoms with E-state index in [4.69, 9.17) is 16.0 Å². The number of nitrogens with zero attached hydrogens (tertiary/aromatic N) is 1. The summed E-state index contributed by atoms with van der Waals surface area (Å²) in [6, 6.07) is 4.83. The summed E-state index contributed by atoms with van der Waals surface area (Å²) >= 11 is 6.01. The highest BCUT2D eigenvalue weighted by molar-refractivity contribution is 6.34. The Labute approximate surface area is 197 Å². The van der Waals surface area contributed by atoms with Crippen molar-refractivity contribution in [3.05, 3.63) is 56.7 Å². The lowest BCUT2D eigenvalue weighted by molar-refractivity contribution is -0.137. The molecular formula is C22H20Cl2F3NO5. The standard InChI is InChI=1S/C22H19ClF3NO5.ClH/c1-27-6-5-10(13(27)9-28)18-14(29)7-15(30)19-16(31)8-17(32-21(18)19)11-3-2-4-12(20(11)23)22(24,25)26;/h2-4,7-8,10,13,28-30H,5-6,9H2,1H3;1H/t10-,13+;/m1./s1. The van der Waals surface area contributed by atoms with E-state index in [1.165, 1.54) is 6.07 Å². The Kier molecular flexibility index (Phi) is 6.91. The second-order valence-electron chi connectivity index (χ2n) is 7.80. The summed E-state index contributed by atoms with van der Waals surface area (Å²) in [7, 11) is 1.80. The summed E-state index contributed by atoms with van der Waals surface area (Å²) in [4.78, 5) is 14.7. The van der Waals surface area contributed by atoms with Crippen molar-refractivity contribution in [3.8, 4) is 22.8 Å². The number of hydrogen-bond donors (Lipinski definition) is 3. The molecule has 0 aliphatic carbocycles. The monoisotopic (exact) mass is 505 g/mol. The van der Waals surface area contributed by atoms with Crippen LogP contribution in [0.2, 0.25) is 5.02 Å². The number of alkyl halides is 3. The van der Waals surface area contributed by atoms with Crippen LogP contribution in [0.1, 0.15) is 23.5 Å². The molecule has 6 nitrogen and oxygen atoms in total. The highest BCUT2D eigenvalue weighted by atomic mass is 35.5. The summed E-state index contributed by atoms with van der Waals surface area (Å²) < 4.78 is 45.7. The van der Waals surface area contributed by atoms with Crippen LogP contribution in [0, 0.1) is 0 Å². The zero-order valence-corrected chi connectivity index (χ0v) is 18.8. The van der Waals surface area contributed by atoms with E-state index in [9.17, 15) is 33.3 Å². The van der Waals surface area contributed by atoms with E-state index < -0.39 is 33.9 Å². The maximum Gasteiger partial charge on any atom is 0.417 e. The summed E-state index contributed by atoms with van der Waals surface area (Å²) in [5.41, 5.74) is -1.91. The molecule has 1 saturated heterocycles. The maximum absolute atomic E-state index is 13.3. The van der Waals surface area contributed by atoms with Gasteiger partial charge in [-0.2, -0.15) is 13.2 Å². The average molecular weight is 506 g/mol. The zero-order valence-electron chi connectivity index (χ0n) is 17.2.